The fraction of sp³-hybridized carbons (Fsp3) is 0.692. The first kappa shape index (κ1) is 16.2. The monoisotopic (exact) mass is 330 g/mol. The predicted molar refractivity (Wildman–Crippen MR) is 83.0 cm³/mol. The van der Waals surface area contributed by atoms with Gasteiger partial charge in [-0.3, -0.25) is 19.3 Å². The minimum absolute atomic E-state index is 0.0276. The number of carboxylic acid groups (broad SMARTS) is 1. The summed E-state index contributed by atoms with van der Waals surface area (Å²) >= 11 is 6.51. The lowest BCUT2D eigenvalue weighted by atomic mass is 9.94. The summed E-state index contributed by atoms with van der Waals surface area (Å²) in [5.41, 5.74) is 0. The van der Waals surface area contributed by atoms with Gasteiger partial charge < -0.3 is 10.4 Å². The molecule has 0 bridgehead atoms. The summed E-state index contributed by atoms with van der Waals surface area (Å²) < 4.78 is 0.544. The molecule has 1 aliphatic carbocycles. The topological polar surface area (TPSA) is 86.7 Å². The van der Waals surface area contributed by atoms with E-state index < -0.39 is 23.7 Å². The molecular weight excluding hydrogens is 312 g/mol. The molecule has 2 fully saturated rings. The normalized spacial score (nSPS) is 23.4. The molecule has 2 rings (SSSR count). The molecule has 0 aromatic heterocycles. The average Bonchev–Trinajstić information content (AvgIpc) is 2.72. The van der Waals surface area contributed by atoms with E-state index in [9.17, 15) is 14.4 Å². The van der Waals surface area contributed by atoms with Crippen LogP contribution < -0.4 is 5.32 Å². The van der Waals surface area contributed by atoms with Crippen molar-refractivity contribution >= 4 is 46.1 Å². The number of carboxylic acids is 1. The third-order valence-electron chi connectivity index (χ3n) is 3.70. The molecule has 1 aliphatic heterocycles. The van der Waals surface area contributed by atoms with E-state index in [4.69, 9.17) is 17.3 Å². The molecule has 2 amide bonds. The van der Waals surface area contributed by atoms with E-state index >= 15 is 0 Å². The Kier molecular flexibility index (Phi) is 5.58. The van der Waals surface area contributed by atoms with Crippen molar-refractivity contribution in [2.45, 2.75) is 49.8 Å². The van der Waals surface area contributed by atoms with Crippen molar-refractivity contribution in [3.05, 3.63) is 0 Å². The maximum Gasteiger partial charge on any atom is 0.322 e. The summed E-state index contributed by atoms with van der Waals surface area (Å²) in [4.78, 5) is 36.1. The molecule has 0 aromatic carbocycles. The number of thiocarbonyl (C=S) groups is 1. The predicted octanol–water partition coefficient (Wildman–Crippen LogP) is 1.14. The standard InChI is InChI=1S/C13H18N2O4S2/c16-10(14-7-11(17)18)6-9-12(19)15(13(20)21-9)8-4-2-1-3-5-8/h8-9H,1-7H2,(H,14,16)(H,17,18). The fourth-order valence-corrected chi connectivity index (χ4v) is 4.32. The van der Waals surface area contributed by atoms with Crippen LogP contribution in [0.3, 0.4) is 0 Å². The zero-order valence-corrected chi connectivity index (χ0v) is 13.2. The number of nitrogens with one attached hydrogen (secondary N) is 1. The number of carbonyl (C=O) groups excluding carboxylic acids is 2. The van der Waals surface area contributed by atoms with Gasteiger partial charge in [-0.1, -0.05) is 43.2 Å². The van der Waals surface area contributed by atoms with Crippen LogP contribution in [-0.4, -0.2) is 49.9 Å². The van der Waals surface area contributed by atoms with Gasteiger partial charge in [-0.25, -0.2) is 0 Å². The lowest BCUT2D eigenvalue weighted by molar-refractivity contribution is -0.138. The molecule has 0 aromatic rings. The lowest BCUT2D eigenvalue weighted by Gasteiger charge is -2.30. The van der Waals surface area contributed by atoms with Crippen LogP contribution in [0, 0.1) is 0 Å². The van der Waals surface area contributed by atoms with Crippen LogP contribution >= 0.6 is 24.0 Å². The second kappa shape index (κ2) is 7.22. The van der Waals surface area contributed by atoms with Crippen LogP contribution in [0.1, 0.15) is 38.5 Å². The van der Waals surface area contributed by atoms with Gasteiger partial charge in [0.1, 0.15) is 10.9 Å². The Labute approximate surface area is 132 Å². The molecular formula is C13H18N2O4S2. The van der Waals surface area contributed by atoms with Crippen LogP contribution in [0.5, 0.6) is 0 Å². The number of hydrogen-bond acceptors (Lipinski definition) is 5. The summed E-state index contributed by atoms with van der Waals surface area (Å²) in [6.45, 7) is -0.429. The summed E-state index contributed by atoms with van der Waals surface area (Å²) in [6.07, 6.45) is 5.30. The van der Waals surface area contributed by atoms with Crippen molar-refractivity contribution in [3.8, 4) is 0 Å². The molecule has 1 saturated heterocycles. The van der Waals surface area contributed by atoms with Crippen LogP contribution in [0.2, 0.25) is 0 Å². The molecule has 0 radical (unpaired) electrons. The number of aliphatic carboxylic acids is 1. The largest absolute Gasteiger partial charge is 0.480 e. The Morgan fingerprint density at radius 2 is 2.00 bits per heavy atom. The van der Waals surface area contributed by atoms with Gasteiger partial charge in [0.15, 0.2) is 0 Å². The number of carbonyl (C=O) groups is 3. The van der Waals surface area contributed by atoms with Gasteiger partial charge in [-0.2, -0.15) is 0 Å². The molecule has 2 N–H and O–H groups in total. The Hall–Kier alpha value is -1.15. The molecule has 0 spiro atoms. The third kappa shape index (κ3) is 4.16. The second-order valence-electron chi connectivity index (χ2n) is 5.25. The highest BCUT2D eigenvalue weighted by atomic mass is 32.2. The van der Waals surface area contributed by atoms with E-state index in [1.807, 2.05) is 0 Å². The third-order valence-corrected chi connectivity index (χ3v) is 5.24. The zero-order chi connectivity index (χ0) is 15.4. The maximum absolute atomic E-state index is 12.4. The van der Waals surface area contributed by atoms with Gasteiger partial charge in [0.25, 0.3) is 0 Å². The summed E-state index contributed by atoms with van der Waals surface area (Å²) in [5, 5.41) is 10.3. The van der Waals surface area contributed by atoms with E-state index in [1.54, 1.807) is 4.90 Å². The number of rotatable bonds is 5. The van der Waals surface area contributed by atoms with Crippen molar-refractivity contribution in [3.63, 3.8) is 0 Å². The SMILES string of the molecule is O=C(O)CNC(=O)CC1SC(=S)N(C2CCCCC2)C1=O. The molecule has 21 heavy (non-hydrogen) atoms. The first-order valence-electron chi connectivity index (χ1n) is 7.01. The quantitative estimate of drug-likeness (QED) is 0.735. The van der Waals surface area contributed by atoms with E-state index in [1.165, 1.54) is 18.2 Å². The molecule has 1 heterocycles. The van der Waals surface area contributed by atoms with E-state index in [0.717, 1.165) is 25.7 Å². The smallest absolute Gasteiger partial charge is 0.322 e. The van der Waals surface area contributed by atoms with Gasteiger partial charge in [0, 0.05) is 12.5 Å². The highest BCUT2D eigenvalue weighted by Gasteiger charge is 2.41. The lowest BCUT2D eigenvalue weighted by Crippen LogP contribution is -2.42. The first-order valence-corrected chi connectivity index (χ1v) is 8.30. The molecule has 1 saturated carbocycles. The Bertz CT molecular complexity index is 463. The zero-order valence-electron chi connectivity index (χ0n) is 11.5. The van der Waals surface area contributed by atoms with E-state index in [0.29, 0.717) is 4.32 Å². The minimum atomic E-state index is -1.10. The first-order chi connectivity index (χ1) is 9.99. The van der Waals surface area contributed by atoms with Crippen molar-refractivity contribution in [2.75, 3.05) is 6.54 Å². The molecule has 1 unspecified atom stereocenters. The van der Waals surface area contributed by atoms with Gasteiger partial charge in [0.05, 0.1) is 5.25 Å². The van der Waals surface area contributed by atoms with Crippen LogP contribution in [-0.2, 0) is 14.4 Å². The van der Waals surface area contributed by atoms with Crippen molar-refractivity contribution in [1.82, 2.24) is 10.2 Å². The van der Waals surface area contributed by atoms with Crippen LogP contribution in [0.4, 0.5) is 0 Å². The highest BCUT2D eigenvalue weighted by Crippen LogP contribution is 2.35. The molecule has 8 heteroatoms. The van der Waals surface area contributed by atoms with E-state index in [2.05, 4.69) is 5.32 Å². The van der Waals surface area contributed by atoms with Crippen LogP contribution in [0.25, 0.3) is 0 Å². The molecule has 6 nitrogen and oxygen atoms in total. The van der Waals surface area contributed by atoms with Crippen molar-refractivity contribution in [2.24, 2.45) is 0 Å². The average molecular weight is 330 g/mol. The number of hydrogen-bond donors (Lipinski definition) is 2. The summed E-state index contributed by atoms with van der Waals surface area (Å²) in [5.74, 6) is -1.65. The van der Waals surface area contributed by atoms with E-state index in [-0.39, 0.29) is 18.4 Å². The molecule has 116 valence electrons. The Balaban J connectivity index is 1.91. The molecule has 2 aliphatic rings. The van der Waals surface area contributed by atoms with Gasteiger partial charge in [-0.15, -0.1) is 0 Å². The van der Waals surface area contributed by atoms with Crippen LogP contribution in [0.15, 0.2) is 0 Å². The molecule has 1 atom stereocenters. The van der Waals surface area contributed by atoms with Gasteiger partial charge >= 0.3 is 5.97 Å². The second-order valence-corrected chi connectivity index (χ2v) is 7.08. The number of nitrogens with zero attached hydrogens (tertiary/aromatic N) is 1. The Morgan fingerprint density at radius 1 is 1.33 bits per heavy atom. The fourth-order valence-electron chi connectivity index (χ4n) is 2.69. The number of amides is 2. The van der Waals surface area contributed by atoms with Gasteiger partial charge in [-0.05, 0) is 12.8 Å². The minimum Gasteiger partial charge on any atom is -0.480 e. The highest BCUT2D eigenvalue weighted by molar-refractivity contribution is 8.24. The Morgan fingerprint density at radius 3 is 2.62 bits per heavy atom. The number of thioether (sulfide) groups is 1. The van der Waals surface area contributed by atoms with Crippen molar-refractivity contribution < 1.29 is 19.5 Å². The van der Waals surface area contributed by atoms with Gasteiger partial charge in [0.2, 0.25) is 11.8 Å². The maximum atomic E-state index is 12.4. The van der Waals surface area contributed by atoms with Crippen molar-refractivity contribution in [1.29, 1.82) is 0 Å². The summed E-state index contributed by atoms with van der Waals surface area (Å²) in [7, 11) is 0. The summed E-state index contributed by atoms with van der Waals surface area (Å²) in [6, 6.07) is 0.165.